The smallest absolute Gasteiger partial charge is 0.0636 e. The van der Waals surface area contributed by atoms with E-state index in [4.69, 9.17) is 5.73 Å². The molecule has 0 aliphatic carbocycles. The van der Waals surface area contributed by atoms with Gasteiger partial charge in [0.1, 0.15) is 0 Å². The molecule has 0 spiro atoms. The first-order chi connectivity index (χ1) is 10.0. The Hall–Kier alpha value is -1.32. The fraction of sp³-hybridized carbons (Fsp3) is 0.333. The third-order valence-corrected chi connectivity index (χ3v) is 4.38. The topological polar surface area (TPSA) is 38.0 Å². The Labute approximate surface area is 135 Å². The highest BCUT2D eigenvalue weighted by Gasteiger charge is 2.11. The van der Waals surface area contributed by atoms with E-state index in [0.29, 0.717) is 12.5 Å². The molecule has 0 saturated heterocycles. The number of anilines is 1. The molecule has 1 unspecified atom stereocenters. The van der Waals surface area contributed by atoms with Crippen LogP contribution in [0.3, 0.4) is 0 Å². The molecule has 0 bridgehead atoms. The molecule has 3 heteroatoms. The van der Waals surface area contributed by atoms with Crippen LogP contribution < -0.4 is 11.1 Å². The van der Waals surface area contributed by atoms with Crippen molar-refractivity contribution in [2.45, 2.75) is 32.7 Å². The van der Waals surface area contributed by atoms with Crippen molar-refractivity contribution >= 4 is 21.6 Å². The van der Waals surface area contributed by atoms with Gasteiger partial charge < -0.3 is 11.1 Å². The van der Waals surface area contributed by atoms with E-state index < -0.39 is 0 Å². The molecule has 2 nitrogen and oxygen atoms in total. The number of nitrogens with one attached hydrogen (secondary N) is 1. The van der Waals surface area contributed by atoms with Gasteiger partial charge in [-0.2, -0.15) is 0 Å². The van der Waals surface area contributed by atoms with Gasteiger partial charge in [-0.1, -0.05) is 44.2 Å². The van der Waals surface area contributed by atoms with E-state index in [0.717, 1.165) is 10.2 Å². The molecule has 21 heavy (non-hydrogen) atoms. The van der Waals surface area contributed by atoms with E-state index >= 15 is 0 Å². The van der Waals surface area contributed by atoms with E-state index in [-0.39, 0.29) is 6.04 Å². The van der Waals surface area contributed by atoms with Crippen molar-refractivity contribution in [2.75, 3.05) is 11.9 Å². The summed E-state index contributed by atoms with van der Waals surface area (Å²) in [7, 11) is 0. The zero-order chi connectivity index (χ0) is 15.4. The second kappa shape index (κ2) is 7.10. The average Bonchev–Trinajstić information content (AvgIpc) is 2.48. The zero-order valence-electron chi connectivity index (χ0n) is 12.9. The molecular formula is C18H23BrN2. The van der Waals surface area contributed by atoms with Crippen LogP contribution in [0.4, 0.5) is 5.69 Å². The summed E-state index contributed by atoms with van der Waals surface area (Å²) in [6.45, 7) is 7.06. The number of aryl methyl sites for hydroxylation is 1. The van der Waals surface area contributed by atoms with E-state index in [1.54, 1.807) is 0 Å². The number of nitrogens with two attached hydrogens (primary N) is 1. The first-order valence-corrected chi connectivity index (χ1v) is 8.13. The number of rotatable bonds is 5. The lowest BCUT2D eigenvalue weighted by Gasteiger charge is -2.20. The summed E-state index contributed by atoms with van der Waals surface area (Å²) >= 11 is 3.59. The third kappa shape index (κ3) is 4.08. The highest BCUT2D eigenvalue weighted by Crippen LogP contribution is 2.28. The molecule has 2 aromatic carbocycles. The molecule has 112 valence electrons. The number of hydrogen-bond donors (Lipinski definition) is 2. The lowest BCUT2D eigenvalue weighted by Crippen LogP contribution is -2.20. The van der Waals surface area contributed by atoms with Crippen molar-refractivity contribution in [2.24, 2.45) is 5.73 Å². The van der Waals surface area contributed by atoms with Gasteiger partial charge in [-0.25, -0.2) is 0 Å². The summed E-state index contributed by atoms with van der Waals surface area (Å²) in [5.74, 6) is 0.550. The number of benzene rings is 2. The maximum absolute atomic E-state index is 5.96. The molecule has 0 aliphatic rings. The molecule has 3 N–H and O–H groups in total. The van der Waals surface area contributed by atoms with E-state index in [1.807, 2.05) is 0 Å². The van der Waals surface area contributed by atoms with Crippen LogP contribution in [0.5, 0.6) is 0 Å². The van der Waals surface area contributed by atoms with Crippen LogP contribution >= 0.6 is 15.9 Å². The van der Waals surface area contributed by atoms with Gasteiger partial charge in [-0.15, -0.1) is 0 Å². The summed E-state index contributed by atoms with van der Waals surface area (Å²) in [6, 6.07) is 15.1. The van der Waals surface area contributed by atoms with E-state index in [9.17, 15) is 0 Å². The molecule has 0 radical (unpaired) electrons. The SMILES string of the molecule is Cc1ccc(Br)c(NC(CN)c2ccc(C(C)C)cc2)c1. The van der Waals surface area contributed by atoms with Crippen molar-refractivity contribution in [3.05, 3.63) is 63.6 Å². The fourth-order valence-electron chi connectivity index (χ4n) is 2.33. The summed E-state index contributed by atoms with van der Waals surface area (Å²) < 4.78 is 1.06. The Morgan fingerprint density at radius 2 is 1.67 bits per heavy atom. The largest absolute Gasteiger partial charge is 0.376 e. The number of halogens is 1. The molecule has 0 fully saturated rings. The molecule has 0 aromatic heterocycles. The van der Waals surface area contributed by atoms with Crippen LogP contribution in [0.15, 0.2) is 46.9 Å². The molecule has 1 atom stereocenters. The standard InChI is InChI=1S/C18H23BrN2/c1-12(2)14-5-7-15(8-6-14)18(11-20)21-17-10-13(3)4-9-16(17)19/h4-10,12,18,21H,11,20H2,1-3H3. The lowest BCUT2D eigenvalue weighted by molar-refractivity contribution is 0.785. The van der Waals surface area contributed by atoms with E-state index in [1.165, 1.54) is 16.7 Å². The van der Waals surface area contributed by atoms with Crippen LogP contribution in [0.2, 0.25) is 0 Å². The maximum atomic E-state index is 5.96. The van der Waals surface area contributed by atoms with Crippen molar-refractivity contribution in [1.29, 1.82) is 0 Å². The monoisotopic (exact) mass is 346 g/mol. The van der Waals surface area contributed by atoms with Crippen LogP contribution in [-0.4, -0.2) is 6.54 Å². The first kappa shape index (κ1) is 16.1. The quantitative estimate of drug-likeness (QED) is 0.799. The van der Waals surface area contributed by atoms with Crippen LogP contribution in [0.25, 0.3) is 0 Å². The minimum Gasteiger partial charge on any atom is -0.376 e. The predicted octanol–water partition coefficient (Wildman–Crippen LogP) is 4.99. The number of hydrogen-bond acceptors (Lipinski definition) is 2. The van der Waals surface area contributed by atoms with Crippen molar-refractivity contribution in [3.63, 3.8) is 0 Å². The maximum Gasteiger partial charge on any atom is 0.0636 e. The Morgan fingerprint density at radius 1 is 1.05 bits per heavy atom. The highest BCUT2D eigenvalue weighted by atomic mass is 79.9. The van der Waals surface area contributed by atoms with Gasteiger partial charge in [0.05, 0.1) is 6.04 Å². The normalized spacial score (nSPS) is 12.5. The average molecular weight is 347 g/mol. The summed E-state index contributed by atoms with van der Waals surface area (Å²) in [5, 5.41) is 3.53. The summed E-state index contributed by atoms with van der Waals surface area (Å²) in [5.41, 5.74) is 10.8. The zero-order valence-corrected chi connectivity index (χ0v) is 14.4. The lowest BCUT2D eigenvalue weighted by atomic mass is 9.99. The Kier molecular flexibility index (Phi) is 5.43. The summed E-state index contributed by atoms with van der Waals surface area (Å²) in [6.07, 6.45) is 0. The van der Waals surface area contributed by atoms with Gasteiger partial charge >= 0.3 is 0 Å². The van der Waals surface area contributed by atoms with Crippen molar-refractivity contribution < 1.29 is 0 Å². The molecular weight excluding hydrogens is 324 g/mol. The molecule has 0 heterocycles. The third-order valence-electron chi connectivity index (χ3n) is 3.69. The predicted molar refractivity (Wildman–Crippen MR) is 94.8 cm³/mol. The Bertz CT molecular complexity index is 591. The second-order valence-electron chi connectivity index (χ2n) is 5.74. The minimum absolute atomic E-state index is 0.115. The van der Waals surface area contributed by atoms with Crippen LogP contribution in [0.1, 0.15) is 42.5 Å². The van der Waals surface area contributed by atoms with Gasteiger partial charge in [0, 0.05) is 16.7 Å². The molecule has 0 saturated carbocycles. The minimum atomic E-state index is 0.115. The van der Waals surface area contributed by atoms with Crippen LogP contribution in [-0.2, 0) is 0 Å². The Morgan fingerprint density at radius 3 is 2.24 bits per heavy atom. The van der Waals surface area contributed by atoms with Crippen molar-refractivity contribution in [1.82, 2.24) is 0 Å². The highest BCUT2D eigenvalue weighted by molar-refractivity contribution is 9.10. The molecule has 2 aromatic rings. The molecule has 2 rings (SSSR count). The van der Waals surface area contributed by atoms with E-state index in [2.05, 4.69) is 84.5 Å². The Balaban J connectivity index is 2.21. The van der Waals surface area contributed by atoms with Gasteiger partial charge in [0.25, 0.3) is 0 Å². The molecule has 0 amide bonds. The van der Waals surface area contributed by atoms with Gasteiger partial charge in [0.15, 0.2) is 0 Å². The molecule has 0 aliphatic heterocycles. The first-order valence-electron chi connectivity index (χ1n) is 7.34. The van der Waals surface area contributed by atoms with Crippen molar-refractivity contribution in [3.8, 4) is 0 Å². The van der Waals surface area contributed by atoms with Crippen LogP contribution in [0, 0.1) is 6.92 Å². The van der Waals surface area contributed by atoms with Gasteiger partial charge in [0.2, 0.25) is 0 Å². The second-order valence-corrected chi connectivity index (χ2v) is 6.59. The van der Waals surface area contributed by atoms with Gasteiger partial charge in [-0.05, 0) is 57.6 Å². The van der Waals surface area contributed by atoms with Gasteiger partial charge in [-0.3, -0.25) is 0 Å². The fourth-order valence-corrected chi connectivity index (χ4v) is 2.69. The summed E-state index contributed by atoms with van der Waals surface area (Å²) in [4.78, 5) is 0.